The normalized spacial score (nSPS) is 10.9. The maximum atomic E-state index is 8.72. The minimum absolute atomic E-state index is 0.0932. The molecular weight excluding hydrogens is 166 g/mol. The lowest BCUT2D eigenvalue weighted by molar-refractivity contribution is 0.296. The zero-order chi connectivity index (χ0) is 9.26. The molecule has 0 saturated heterocycles. The summed E-state index contributed by atoms with van der Waals surface area (Å²) in [7, 11) is 0. The molecule has 0 unspecified atom stereocenters. The molecule has 0 saturated carbocycles. The van der Waals surface area contributed by atoms with Gasteiger partial charge >= 0.3 is 0 Å². The van der Waals surface area contributed by atoms with Crippen molar-refractivity contribution in [3.05, 3.63) is 29.7 Å². The van der Waals surface area contributed by atoms with E-state index in [2.05, 4.69) is 10.1 Å². The van der Waals surface area contributed by atoms with Crippen molar-refractivity contribution in [3.8, 4) is 0 Å². The Hall–Kier alpha value is -1.42. The van der Waals surface area contributed by atoms with Crippen LogP contribution in [0.5, 0.6) is 0 Å². The largest absolute Gasteiger partial charge is 0.396 e. The molecule has 0 aromatic carbocycles. The summed E-state index contributed by atoms with van der Waals surface area (Å²) in [6, 6.07) is 3.92. The molecule has 0 radical (unpaired) electrons. The molecule has 1 N–H and O–H groups in total. The number of nitrogens with zero attached hydrogens (tertiary/aromatic N) is 3. The van der Waals surface area contributed by atoms with Crippen LogP contribution in [0.4, 0.5) is 0 Å². The van der Waals surface area contributed by atoms with Crippen molar-refractivity contribution in [2.24, 2.45) is 0 Å². The van der Waals surface area contributed by atoms with Gasteiger partial charge in [0.2, 0.25) is 0 Å². The first-order valence-corrected chi connectivity index (χ1v) is 4.23. The highest BCUT2D eigenvalue weighted by Gasteiger charge is 2.03. The molecule has 68 valence electrons. The van der Waals surface area contributed by atoms with Gasteiger partial charge in [0.05, 0.1) is 6.61 Å². The van der Waals surface area contributed by atoms with Crippen LogP contribution in [0.15, 0.2) is 18.3 Å². The second kappa shape index (κ2) is 3.14. The van der Waals surface area contributed by atoms with Crippen molar-refractivity contribution in [2.45, 2.75) is 13.3 Å². The Bertz CT molecular complexity index is 422. The number of aliphatic hydroxyl groups is 1. The Morgan fingerprint density at radius 1 is 1.54 bits per heavy atom. The predicted molar refractivity (Wildman–Crippen MR) is 48.5 cm³/mol. The summed E-state index contributed by atoms with van der Waals surface area (Å²) in [4.78, 5) is 4.29. The molecule has 4 nitrogen and oxygen atoms in total. The Morgan fingerprint density at radius 2 is 2.38 bits per heavy atom. The SMILES string of the molecule is Cc1cccn2nc(CCO)nc12. The highest BCUT2D eigenvalue weighted by Crippen LogP contribution is 2.06. The fraction of sp³-hybridized carbons (Fsp3) is 0.333. The van der Waals surface area contributed by atoms with Crippen LogP contribution in [0.3, 0.4) is 0 Å². The molecule has 2 rings (SSSR count). The summed E-state index contributed by atoms with van der Waals surface area (Å²) in [5.41, 5.74) is 1.96. The van der Waals surface area contributed by atoms with E-state index in [4.69, 9.17) is 5.11 Å². The molecule has 2 aromatic heterocycles. The predicted octanol–water partition coefficient (Wildman–Crippen LogP) is 0.573. The summed E-state index contributed by atoms with van der Waals surface area (Å²) in [6.45, 7) is 2.09. The van der Waals surface area contributed by atoms with E-state index in [1.54, 1.807) is 4.52 Å². The Kier molecular flexibility index (Phi) is 1.98. The van der Waals surface area contributed by atoms with Gasteiger partial charge in [-0.2, -0.15) is 5.10 Å². The Labute approximate surface area is 75.8 Å². The summed E-state index contributed by atoms with van der Waals surface area (Å²) < 4.78 is 1.74. The van der Waals surface area contributed by atoms with Crippen molar-refractivity contribution >= 4 is 5.65 Å². The van der Waals surface area contributed by atoms with Crippen LogP contribution in [0.25, 0.3) is 5.65 Å². The van der Waals surface area contributed by atoms with E-state index in [-0.39, 0.29) is 6.61 Å². The third-order valence-corrected chi connectivity index (χ3v) is 1.94. The molecule has 4 heteroatoms. The van der Waals surface area contributed by atoms with E-state index in [9.17, 15) is 0 Å². The van der Waals surface area contributed by atoms with Crippen LogP contribution in [0, 0.1) is 6.92 Å². The molecule has 2 heterocycles. The van der Waals surface area contributed by atoms with E-state index in [1.165, 1.54) is 0 Å². The van der Waals surface area contributed by atoms with Gasteiger partial charge in [-0.3, -0.25) is 0 Å². The van der Waals surface area contributed by atoms with Gasteiger partial charge in [-0.15, -0.1) is 0 Å². The zero-order valence-corrected chi connectivity index (χ0v) is 7.44. The second-order valence-electron chi connectivity index (χ2n) is 2.96. The number of fused-ring (bicyclic) bond motifs is 1. The average molecular weight is 177 g/mol. The van der Waals surface area contributed by atoms with Gasteiger partial charge in [-0.1, -0.05) is 6.07 Å². The third-order valence-electron chi connectivity index (χ3n) is 1.94. The van der Waals surface area contributed by atoms with E-state index in [1.807, 2.05) is 25.3 Å². The van der Waals surface area contributed by atoms with Crippen LogP contribution >= 0.6 is 0 Å². The molecule has 0 fully saturated rings. The summed E-state index contributed by atoms with van der Waals surface area (Å²) >= 11 is 0. The first kappa shape index (κ1) is 8.19. The number of rotatable bonds is 2. The Morgan fingerprint density at radius 3 is 3.08 bits per heavy atom. The summed E-state index contributed by atoms with van der Waals surface area (Å²) in [5, 5.41) is 12.9. The molecule has 0 aliphatic heterocycles. The van der Waals surface area contributed by atoms with Crippen molar-refractivity contribution in [1.29, 1.82) is 0 Å². The molecule has 13 heavy (non-hydrogen) atoms. The minimum Gasteiger partial charge on any atom is -0.396 e. The molecule has 0 aliphatic carbocycles. The fourth-order valence-corrected chi connectivity index (χ4v) is 1.29. The number of aliphatic hydroxyl groups excluding tert-OH is 1. The highest BCUT2D eigenvalue weighted by molar-refractivity contribution is 5.45. The molecule has 0 spiro atoms. The molecule has 0 bridgehead atoms. The van der Waals surface area contributed by atoms with Crippen LogP contribution < -0.4 is 0 Å². The minimum atomic E-state index is 0.0932. The van der Waals surface area contributed by atoms with Crippen LogP contribution in [0.2, 0.25) is 0 Å². The first-order chi connectivity index (χ1) is 6.31. The van der Waals surface area contributed by atoms with Crippen molar-refractivity contribution in [1.82, 2.24) is 14.6 Å². The average Bonchev–Trinajstić information content (AvgIpc) is 2.49. The van der Waals surface area contributed by atoms with Gasteiger partial charge in [0, 0.05) is 12.6 Å². The topological polar surface area (TPSA) is 50.4 Å². The smallest absolute Gasteiger partial charge is 0.158 e. The van der Waals surface area contributed by atoms with E-state index < -0.39 is 0 Å². The second-order valence-corrected chi connectivity index (χ2v) is 2.96. The van der Waals surface area contributed by atoms with Crippen molar-refractivity contribution in [2.75, 3.05) is 6.61 Å². The number of pyridine rings is 1. The van der Waals surface area contributed by atoms with Gasteiger partial charge in [0.1, 0.15) is 0 Å². The number of hydrogen-bond donors (Lipinski definition) is 1. The maximum absolute atomic E-state index is 8.72. The van der Waals surface area contributed by atoms with Gasteiger partial charge < -0.3 is 5.11 Å². The van der Waals surface area contributed by atoms with Gasteiger partial charge in [-0.05, 0) is 18.6 Å². The molecular formula is C9H11N3O. The molecule has 2 aromatic rings. The van der Waals surface area contributed by atoms with E-state index >= 15 is 0 Å². The highest BCUT2D eigenvalue weighted by atomic mass is 16.3. The number of hydrogen-bond acceptors (Lipinski definition) is 3. The van der Waals surface area contributed by atoms with Gasteiger partial charge in [0.15, 0.2) is 11.5 Å². The van der Waals surface area contributed by atoms with Crippen molar-refractivity contribution in [3.63, 3.8) is 0 Å². The zero-order valence-electron chi connectivity index (χ0n) is 7.44. The first-order valence-electron chi connectivity index (χ1n) is 4.23. The lowest BCUT2D eigenvalue weighted by Gasteiger charge is -1.92. The van der Waals surface area contributed by atoms with Crippen LogP contribution in [-0.2, 0) is 6.42 Å². The van der Waals surface area contributed by atoms with Gasteiger partial charge in [-0.25, -0.2) is 9.50 Å². The quantitative estimate of drug-likeness (QED) is 0.729. The summed E-state index contributed by atoms with van der Waals surface area (Å²) in [5.74, 6) is 0.691. The van der Waals surface area contributed by atoms with Gasteiger partial charge in [0.25, 0.3) is 0 Å². The molecule has 0 aliphatic rings. The van der Waals surface area contributed by atoms with E-state index in [0.29, 0.717) is 12.2 Å². The lowest BCUT2D eigenvalue weighted by Crippen LogP contribution is -1.93. The third kappa shape index (κ3) is 1.40. The molecule has 0 atom stereocenters. The van der Waals surface area contributed by atoms with Crippen molar-refractivity contribution < 1.29 is 5.11 Å². The monoisotopic (exact) mass is 177 g/mol. The molecule has 0 amide bonds. The van der Waals surface area contributed by atoms with Crippen LogP contribution in [0.1, 0.15) is 11.4 Å². The summed E-state index contributed by atoms with van der Waals surface area (Å²) in [6.07, 6.45) is 2.37. The number of aromatic nitrogens is 3. The fourth-order valence-electron chi connectivity index (χ4n) is 1.29. The van der Waals surface area contributed by atoms with Crippen LogP contribution in [-0.4, -0.2) is 26.3 Å². The van der Waals surface area contributed by atoms with E-state index in [0.717, 1.165) is 11.2 Å². The lowest BCUT2D eigenvalue weighted by atomic mass is 10.3. The Balaban J connectivity index is 2.55. The standard InChI is InChI=1S/C9H11N3O/c1-7-3-2-5-12-9(7)10-8(11-12)4-6-13/h2-3,5,13H,4,6H2,1H3. The number of aryl methyl sites for hydroxylation is 1. The maximum Gasteiger partial charge on any atom is 0.158 e.